The molecule has 0 aliphatic heterocycles. The van der Waals surface area contributed by atoms with Crippen molar-refractivity contribution in [3.63, 3.8) is 0 Å². The van der Waals surface area contributed by atoms with Gasteiger partial charge in [-0.25, -0.2) is 8.42 Å². The fraction of sp³-hybridized carbons (Fsp3) is 0.188. The Balaban J connectivity index is 2.14. The molecule has 0 atom stereocenters. The summed E-state index contributed by atoms with van der Waals surface area (Å²) in [4.78, 5) is 11.5. The number of amides is 1. The Labute approximate surface area is 133 Å². The van der Waals surface area contributed by atoms with E-state index in [9.17, 15) is 22.0 Å². The number of anilines is 1. The van der Waals surface area contributed by atoms with E-state index in [1.54, 1.807) is 12.1 Å². The van der Waals surface area contributed by atoms with Crippen LogP contribution < -0.4 is 5.32 Å². The Hall–Kier alpha value is -2.28. The number of benzene rings is 2. The van der Waals surface area contributed by atoms with E-state index in [1.165, 1.54) is 12.1 Å². The average molecular weight is 339 g/mol. The van der Waals surface area contributed by atoms with E-state index < -0.39 is 26.4 Å². The molecule has 1 N–H and O–H groups in total. The van der Waals surface area contributed by atoms with Crippen molar-refractivity contribution < 1.29 is 22.0 Å². The lowest BCUT2D eigenvalue weighted by molar-refractivity contribution is 0.102. The normalized spacial score (nSPS) is 11.5. The lowest BCUT2D eigenvalue weighted by Crippen LogP contribution is -2.14. The molecule has 0 aliphatic rings. The Morgan fingerprint density at radius 3 is 2.09 bits per heavy atom. The van der Waals surface area contributed by atoms with Crippen LogP contribution in [0, 0.1) is 0 Å². The Morgan fingerprint density at radius 1 is 1.04 bits per heavy atom. The number of hydrogen-bond acceptors (Lipinski definition) is 3. The Morgan fingerprint density at radius 2 is 1.61 bits per heavy atom. The van der Waals surface area contributed by atoms with Crippen LogP contribution in [-0.4, -0.2) is 20.1 Å². The van der Waals surface area contributed by atoms with Crippen molar-refractivity contribution in [1.29, 1.82) is 0 Å². The lowest BCUT2D eigenvalue weighted by Gasteiger charge is -2.07. The summed E-state index contributed by atoms with van der Waals surface area (Å²) < 4.78 is 47.5. The lowest BCUT2D eigenvalue weighted by atomic mass is 10.1. The van der Waals surface area contributed by atoms with Gasteiger partial charge in [-0.05, 0) is 48.4 Å². The van der Waals surface area contributed by atoms with Crippen LogP contribution in [0.3, 0.4) is 0 Å². The third kappa shape index (κ3) is 3.92. The molecule has 0 aliphatic carbocycles. The number of hydrogen-bond donors (Lipinski definition) is 1. The third-order valence-corrected chi connectivity index (χ3v) is 4.70. The van der Waals surface area contributed by atoms with Gasteiger partial charge in [0, 0.05) is 11.3 Å². The van der Waals surface area contributed by atoms with Gasteiger partial charge in [0.15, 0.2) is 0 Å². The zero-order valence-corrected chi connectivity index (χ0v) is 13.1. The van der Waals surface area contributed by atoms with Crippen LogP contribution >= 0.6 is 0 Å². The Bertz CT molecular complexity index is 785. The molecular formula is C16H15F2NO3S. The van der Waals surface area contributed by atoms with Gasteiger partial charge in [-0.2, -0.15) is 8.78 Å². The molecule has 0 radical (unpaired) electrons. The van der Waals surface area contributed by atoms with Gasteiger partial charge in [0.1, 0.15) is 0 Å². The molecule has 7 heteroatoms. The monoisotopic (exact) mass is 339 g/mol. The maximum Gasteiger partial charge on any atom is 0.341 e. The van der Waals surface area contributed by atoms with Crippen LogP contribution in [-0.2, 0) is 16.3 Å². The molecule has 0 spiro atoms. The van der Waals surface area contributed by atoms with Crippen molar-refractivity contribution in [1.82, 2.24) is 0 Å². The molecule has 0 saturated carbocycles. The SMILES string of the molecule is CCc1ccc(NC(=O)c2ccc(S(=O)(=O)C(F)F)cc2)cc1. The molecule has 1 amide bonds. The maximum atomic E-state index is 12.4. The molecule has 0 unspecified atom stereocenters. The number of carbonyl (C=O) groups is 1. The average Bonchev–Trinajstić information content (AvgIpc) is 2.55. The molecule has 0 heterocycles. The van der Waals surface area contributed by atoms with Crippen molar-refractivity contribution in [3.8, 4) is 0 Å². The molecule has 0 bridgehead atoms. The standard InChI is InChI=1S/C16H15F2NO3S/c1-2-11-3-7-13(8-4-11)19-15(20)12-5-9-14(10-6-12)23(21,22)16(17)18/h3-10,16H,2H2,1H3,(H,19,20). The second kappa shape index (κ2) is 6.87. The van der Waals surface area contributed by atoms with Gasteiger partial charge >= 0.3 is 5.76 Å². The molecule has 0 fully saturated rings. The van der Waals surface area contributed by atoms with E-state index in [1.807, 2.05) is 19.1 Å². The highest BCUT2D eigenvalue weighted by Gasteiger charge is 2.26. The minimum absolute atomic E-state index is 0.179. The van der Waals surface area contributed by atoms with Gasteiger partial charge in [0.25, 0.3) is 5.91 Å². The third-order valence-electron chi connectivity index (χ3n) is 3.30. The number of rotatable bonds is 5. The molecule has 4 nitrogen and oxygen atoms in total. The first-order valence-corrected chi connectivity index (χ1v) is 8.41. The van der Waals surface area contributed by atoms with Gasteiger partial charge in [0.2, 0.25) is 9.84 Å². The van der Waals surface area contributed by atoms with E-state index in [0.717, 1.165) is 24.1 Å². The van der Waals surface area contributed by atoms with Crippen LogP contribution in [0.1, 0.15) is 22.8 Å². The first-order chi connectivity index (χ1) is 10.8. The van der Waals surface area contributed by atoms with Gasteiger partial charge in [0.05, 0.1) is 4.90 Å². The second-order valence-corrected chi connectivity index (χ2v) is 6.75. The summed E-state index contributed by atoms with van der Waals surface area (Å²) in [7, 11) is -4.65. The van der Waals surface area contributed by atoms with Crippen LogP contribution in [0.15, 0.2) is 53.4 Å². The largest absolute Gasteiger partial charge is 0.341 e. The van der Waals surface area contributed by atoms with Crippen LogP contribution in [0.25, 0.3) is 0 Å². The summed E-state index contributed by atoms with van der Waals surface area (Å²) in [5, 5.41) is 2.65. The summed E-state index contributed by atoms with van der Waals surface area (Å²) >= 11 is 0. The first kappa shape index (κ1) is 17.1. The predicted molar refractivity (Wildman–Crippen MR) is 83.4 cm³/mol. The van der Waals surface area contributed by atoms with Gasteiger partial charge in [-0.15, -0.1) is 0 Å². The highest BCUT2D eigenvalue weighted by Crippen LogP contribution is 2.19. The highest BCUT2D eigenvalue weighted by molar-refractivity contribution is 7.91. The molecule has 2 aromatic carbocycles. The fourth-order valence-corrected chi connectivity index (χ4v) is 2.65. The molecule has 23 heavy (non-hydrogen) atoms. The summed E-state index contributed by atoms with van der Waals surface area (Å²) in [6.45, 7) is 2.02. The summed E-state index contributed by atoms with van der Waals surface area (Å²) in [6.07, 6.45) is 0.883. The minimum Gasteiger partial charge on any atom is -0.322 e. The Kier molecular flexibility index (Phi) is 5.10. The fourth-order valence-electron chi connectivity index (χ4n) is 1.93. The first-order valence-electron chi connectivity index (χ1n) is 6.87. The molecule has 0 aromatic heterocycles. The molecule has 0 saturated heterocycles. The molecular weight excluding hydrogens is 324 g/mol. The second-order valence-electron chi connectivity index (χ2n) is 4.83. The van der Waals surface area contributed by atoms with Crippen molar-refractivity contribution in [2.24, 2.45) is 0 Å². The van der Waals surface area contributed by atoms with E-state index >= 15 is 0 Å². The molecule has 2 aromatic rings. The number of aryl methyl sites for hydroxylation is 1. The predicted octanol–water partition coefficient (Wildman–Crippen LogP) is 3.50. The zero-order valence-electron chi connectivity index (χ0n) is 12.3. The topological polar surface area (TPSA) is 63.2 Å². The van der Waals surface area contributed by atoms with E-state index in [-0.39, 0.29) is 5.56 Å². The number of nitrogens with one attached hydrogen (secondary N) is 1. The maximum absolute atomic E-state index is 12.4. The van der Waals surface area contributed by atoms with Crippen LogP contribution in [0.4, 0.5) is 14.5 Å². The van der Waals surface area contributed by atoms with Crippen LogP contribution in [0.2, 0.25) is 0 Å². The number of carbonyl (C=O) groups excluding carboxylic acids is 1. The highest BCUT2D eigenvalue weighted by atomic mass is 32.2. The number of halogens is 2. The van der Waals surface area contributed by atoms with Crippen molar-refractivity contribution in [2.75, 3.05) is 5.32 Å². The number of sulfone groups is 1. The smallest absolute Gasteiger partial charge is 0.322 e. The van der Waals surface area contributed by atoms with E-state index in [2.05, 4.69) is 5.32 Å². The summed E-state index contributed by atoms with van der Waals surface area (Å²) in [5.41, 5.74) is 1.90. The van der Waals surface area contributed by atoms with Gasteiger partial charge in [-0.1, -0.05) is 19.1 Å². The van der Waals surface area contributed by atoms with E-state index in [4.69, 9.17) is 0 Å². The van der Waals surface area contributed by atoms with Crippen molar-refractivity contribution >= 4 is 21.4 Å². The summed E-state index contributed by atoms with van der Waals surface area (Å²) in [6, 6.07) is 11.7. The van der Waals surface area contributed by atoms with Crippen molar-refractivity contribution in [3.05, 3.63) is 59.7 Å². The quantitative estimate of drug-likeness (QED) is 0.907. The molecule has 122 valence electrons. The molecule has 2 rings (SSSR count). The van der Waals surface area contributed by atoms with Gasteiger partial charge < -0.3 is 5.32 Å². The number of alkyl halides is 2. The minimum atomic E-state index is -4.65. The van der Waals surface area contributed by atoms with Crippen LogP contribution in [0.5, 0.6) is 0 Å². The summed E-state index contributed by atoms with van der Waals surface area (Å²) in [5.74, 6) is -3.94. The zero-order chi connectivity index (χ0) is 17.0. The van der Waals surface area contributed by atoms with Gasteiger partial charge in [-0.3, -0.25) is 4.79 Å². The van der Waals surface area contributed by atoms with E-state index in [0.29, 0.717) is 5.69 Å². The van der Waals surface area contributed by atoms with Crippen molar-refractivity contribution in [2.45, 2.75) is 24.0 Å².